The fourth-order valence-corrected chi connectivity index (χ4v) is 3.70. The van der Waals surface area contributed by atoms with Crippen molar-refractivity contribution in [3.05, 3.63) is 24.3 Å². The van der Waals surface area contributed by atoms with Crippen molar-refractivity contribution in [3.63, 3.8) is 0 Å². The number of fused-ring (bicyclic) bond motifs is 2. The summed E-state index contributed by atoms with van der Waals surface area (Å²) in [6.45, 7) is 1.87. The molecule has 2 fully saturated rings. The number of hydrogen-bond donors (Lipinski definition) is 2. The van der Waals surface area contributed by atoms with E-state index in [0.29, 0.717) is 12.5 Å². The number of piperidine rings is 1. The molecule has 2 heterocycles. The standard InChI is InChI=1S/C17H25N3O/c1-3-17(21)19-13-6-4-5-12(9-13)18-14-10-15-7-8-16(11-14)20(15)2/h4-6,9,14-16,18H,3,7-8,10-11H2,1-2H3,(H,19,21). The van der Waals surface area contributed by atoms with Gasteiger partial charge in [-0.1, -0.05) is 13.0 Å². The van der Waals surface area contributed by atoms with E-state index in [2.05, 4.69) is 28.6 Å². The quantitative estimate of drug-likeness (QED) is 0.894. The summed E-state index contributed by atoms with van der Waals surface area (Å²) in [5.74, 6) is 0.0597. The summed E-state index contributed by atoms with van der Waals surface area (Å²) >= 11 is 0. The molecule has 0 spiro atoms. The van der Waals surface area contributed by atoms with E-state index >= 15 is 0 Å². The van der Waals surface area contributed by atoms with Crippen molar-refractivity contribution < 1.29 is 4.79 Å². The smallest absolute Gasteiger partial charge is 0.224 e. The third kappa shape index (κ3) is 3.21. The zero-order valence-electron chi connectivity index (χ0n) is 12.9. The van der Waals surface area contributed by atoms with Crippen LogP contribution in [0, 0.1) is 0 Å². The minimum atomic E-state index is 0.0597. The molecule has 1 amide bonds. The van der Waals surface area contributed by atoms with E-state index in [9.17, 15) is 4.79 Å². The molecule has 2 N–H and O–H groups in total. The first-order valence-corrected chi connectivity index (χ1v) is 8.04. The molecule has 1 aromatic rings. The Bertz CT molecular complexity index is 503. The Hall–Kier alpha value is -1.55. The number of rotatable bonds is 4. The molecule has 3 rings (SSSR count). The number of carbonyl (C=O) groups is 1. The second-order valence-corrected chi connectivity index (χ2v) is 6.35. The Morgan fingerprint density at radius 3 is 2.57 bits per heavy atom. The number of nitrogens with one attached hydrogen (secondary N) is 2. The molecule has 2 saturated heterocycles. The fourth-order valence-electron chi connectivity index (χ4n) is 3.70. The molecule has 2 aliphatic rings. The van der Waals surface area contributed by atoms with Crippen LogP contribution in [0.4, 0.5) is 11.4 Å². The van der Waals surface area contributed by atoms with Crippen molar-refractivity contribution in [2.75, 3.05) is 17.7 Å². The molecule has 2 aliphatic heterocycles. The van der Waals surface area contributed by atoms with Gasteiger partial charge < -0.3 is 15.5 Å². The maximum atomic E-state index is 11.5. The van der Waals surface area contributed by atoms with Crippen LogP contribution in [0.2, 0.25) is 0 Å². The molecule has 0 aromatic heterocycles. The van der Waals surface area contributed by atoms with Gasteiger partial charge in [0.1, 0.15) is 0 Å². The van der Waals surface area contributed by atoms with Gasteiger partial charge in [0.2, 0.25) is 5.91 Å². The van der Waals surface area contributed by atoms with Gasteiger partial charge in [0.05, 0.1) is 0 Å². The fraction of sp³-hybridized carbons (Fsp3) is 0.588. The number of anilines is 2. The van der Waals surface area contributed by atoms with E-state index in [0.717, 1.165) is 23.5 Å². The van der Waals surface area contributed by atoms with Crippen LogP contribution < -0.4 is 10.6 Å². The first-order chi connectivity index (χ1) is 10.2. The van der Waals surface area contributed by atoms with Crippen molar-refractivity contribution in [2.24, 2.45) is 0 Å². The second-order valence-electron chi connectivity index (χ2n) is 6.35. The molecule has 4 nitrogen and oxygen atoms in total. The summed E-state index contributed by atoms with van der Waals surface area (Å²) < 4.78 is 0. The van der Waals surface area contributed by atoms with Gasteiger partial charge in [-0.25, -0.2) is 0 Å². The van der Waals surface area contributed by atoms with Crippen LogP contribution in [0.15, 0.2) is 24.3 Å². The Morgan fingerprint density at radius 1 is 1.24 bits per heavy atom. The highest BCUT2D eigenvalue weighted by atomic mass is 16.1. The largest absolute Gasteiger partial charge is 0.382 e. The summed E-state index contributed by atoms with van der Waals surface area (Å²) in [6, 6.07) is 10.1. The van der Waals surface area contributed by atoms with Gasteiger partial charge in [-0.3, -0.25) is 4.79 Å². The summed E-state index contributed by atoms with van der Waals surface area (Å²) in [4.78, 5) is 14.0. The third-order valence-corrected chi connectivity index (χ3v) is 4.94. The molecule has 0 saturated carbocycles. The molecule has 0 aliphatic carbocycles. The van der Waals surface area contributed by atoms with Gasteiger partial charge in [0, 0.05) is 35.9 Å². The summed E-state index contributed by atoms with van der Waals surface area (Å²) in [5.41, 5.74) is 1.99. The van der Waals surface area contributed by atoms with Crippen molar-refractivity contribution >= 4 is 17.3 Å². The zero-order valence-corrected chi connectivity index (χ0v) is 12.9. The summed E-state index contributed by atoms with van der Waals surface area (Å²) in [7, 11) is 2.26. The summed E-state index contributed by atoms with van der Waals surface area (Å²) in [6.07, 6.45) is 5.63. The number of nitrogens with zero attached hydrogens (tertiary/aromatic N) is 1. The van der Waals surface area contributed by atoms with Crippen LogP contribution in [0.1, 0.15) is 39.0 Å². The minimum Gasteiger partial charge on any atom is -0.382 e. The Labute approximate surface area is 126 Å². The maximum absolute atomic E-state index is 11.5. The number of hydrogen-bond acceptors (Lipinski definition) is 3. The lowest BCUT2D eigenvalue weighted by Crippen LogP contribution is -2.44. The highest BCUT2D eigenvalue weighted by molar-refractivity contribution is 5.90. The number of benzene rings is 1. The molecule has 1 aromatic carbocycles. The molecule has 114 valence electrons. The minimum absolute atomic E-state index is 0.0597. The highest BCUT2D eigenvalue weighted by Gasteiger charge is 2.38. The lowest BCUT2D eigenvalue weighted by molar-refractivity contribution is -0.115. The first-order valence-electron chi connectivity index (χ1n) is 8.04. The predicted octanol–water partition coefficient (Wildman–Crippen LogP) is 3.07. The average molecular weight is 287 g/mol. The second kappa shape index (κ2) is 6.06. The third-order valence-electron chi connectivity index (χ3n) is 4.94. The van der Waals surface area contributed by atoms with Gasteiger partial charge in [-0.2, -0.15) is 0 Å². The van der Waals surface area contributed by atoms with E-state index in [-0.39, 0.29) is 5.91 Å². The Morgan fingerprint density at radius 2 is 1.90 bits per heavy atom. The molecule has 2 atom stereocenters. The van der Waals surface area contributed by atoms with E-state index in [4.69, 9.17) is 0 Å². The van der Waals surface area contributed by atoms with Crippen molar-refractivity contribution in [1.82, 2.24) is 4.90 Å². The molecule has 0 radical (unpaired) electrons. The van der Waals surface area contributed by atoms with E-state index < -0.39 is 0 Å². The van der Waals surface area contributed by atoms with Gasteiger partial charge in [-0.15, -0.1) is 0 Å². The van der Waals surface area contributed by atoms with Gasteiger partial charge in [-0.05, 0) is 50.9 Å². The molecule has 21 heavy (non-hydrogen) atoms. The first kappa shape index (κ1) is 14.4. The van der Waals surface area contributed by atoms with Crippen molar-refractivity contribution in [3.8, 4) is 0 Å². The van der Waals surface area contributed by atoms with Crippen LogP contribution in [0.3, 0.4) is 0 Å². The van der Waals surface area contributed by atoms with E-state index in [1.165, 1.54) is 25.7 Å². The maximum Gasteiger partial charge on any atom is 0.224 e. The lowest BCUT2D eigenvalue weighted by atomic mass is 9.98. The Kier molecular flexibility index (Phi) is 4.15. The lowest BCUT2D eigenvalue weighted by Gasteiger charge is -2.37. The Balaban J connectivity index is 1.63. The molecular weight excluding hydrogens is 262 g/mol. The average Bonchev–Trinajstić information content (AvgIpc) is 2.70. The van der Waals surface area contributed by atoms with Crippen molar-refractivity contribution in [1.29, 1.82) is 0 Å². The predicted molar refractivity (Wildman–Crippen MR) is 86.6 cm³/mol. The monoisotopic (exact) mass is 287 g/mol. The molecular formula is C17H25N3O. The normalized spacial score (nSPS) is 28.4. The van der Waals surface area contributed by atoms with Crippen LogP contribution in [0.25, 0.3) is 0 Å². The van der Waals surface area contributed by atoms with Crippen LogP contribution in [0.5, 0.6) is 0 Å². The van der Waals surface area contributed by atoms with E-state index in [1.807, 2.05) is 25.1 Å². The van der Waals surface area contributed by atoms with Gasteiger partial charge >= 0.3 is 0 Å². The number of amides is 1. The van der Waals surface area contributed by atoms with Crippen molar-refractivity contribution in [2.45, 2.75) is 57.2 Å². The van der Waals surface area contributed by atoms with Crippen LogP contribution in [-0.2, 0) is 4.79 Å². The van der Waals surface area contributed by atoms with Crippen LogP contribution in [-0.4, -0.2) is 36.0 Å². The highest BCUT2D eigenvalue weighted by Crippen LogP contribution is 2.35. The van der Waals surface area contributed by atoms with Crippen LogP contribution >= 0.6 is 0 Å². The molecule has 2 bridgehead atoms. The topological polar surface area (TPSA) is 44.4 Å². The number of carbonyl (C=O) groups excluding carboxylic acids is 1. The van der Waals surface area contributed by atoms with Gasteiger partial charge in [0.25, 0.3) is 0 Å². The molecule has 2 unspecified atom stereocenters. The van der Waals surface area contributed by atoms with Gasteiger partial charge in [0.15, 0.2) is 0 Å². The SMILES string of the molecule is CCC(=O)Nc1cccc(NC2CC3CCC(C2)N3C)c1. The zero-order chi connectivity index (χ0) is 14.8. The van der Waals surface area contributed by atoms with E-state index in [1.54, 1.807) is 0 Å². The summed E-state index contributed by atoms with van der Waals surface area (Å²) in [5, 5.41) is 6.57. The molecule has 4 heteroatoms.